The number of hydrogen-bond acceptors (Lipinski definition) is 4. The number of carbonyl (C=O) groups excluding carboxylic acids is 1. The maximum atomic E-state index is 12.8. The molecule has 1 N–H and O–H groups in total. The molecule has 0 unspecified atom stereocenters. The highest BCUT2D eigenvalue weighted by Gasteiger charge is 2.29. The average molecular weight is 280 g/mol. The molecule has 1 aliphatic rings. The van der Waals surface area contributed by atoms with E-state index in [9.17, 15) is 9.18 Å². The lowest BCUT2D eigenvalue weighted by Crippen LogP contribution is -2.42. The van der Waals surface area contributed by atoms with Gasteiger partial charge in [-0.25, -0.2) is 4.39 Å². The van der Waals surface area contributed by atoms with Crippen LogP contribution in [0.15, 0.2) is 29.4 Å². The van der Waals surface area contributed by atoms with Crippen molar-refractivity contribution in [2.75, 3.05) is 13.7 Å². The molecule has 1 aliphatic heterocycles. The fourth-order valence-corrected chi connectivity index (χ4v) is 1.96. The average Bonchev–Trinajstić information content (AvgIpc) is 2.89. The minimum Gasteiger partial charge on any atom is -0.383 e. The summed E-state index contributed by atoms with van der Waals surface area (Å²) in [6, 6.07) is 5.85. The number of amides is 1. The molecule has 0 bridgehead atoms. The summed E-state index contributed by atoms with van der Waals surface area (Å²) < 4.78 is 17.8. The van der Waals surface area contributed by atoms with Crippen LogP contribution in [0.4, 0.5) is 4.39 Å². The van der Waals surface area contributed by atoms with Gasteiger partial charge >= 0.3 is 0 Å². The summed E-state index contributed by atoms with van der Waals surface area (Å²) in [5, 5.41) is 6.68. The first kappa shape index (κ1) is 14.5. The molecular formula is C14H17FN2O3. The van der Waals surface area contributed by atoms with E-state index in [1.54, 1.807) is 19.2 Å². The van der Waals surface area contributed by atoms with Crippen LogP contribution >= 0.6 is 0 Å². The minimum absolute atomic E-state index is 0.0917. The van der Waals surface area contributed by atoms with Crippen LogP contribution in [0.3, 0.4) is 0 Å². The molecule has 0 spiro atoms. The van der Waals surface area contributed by atoms with Gasteiger partial charge in [0.1, 0.15) is 5.82 Å². The summed E-state index contributed by atoms with van der Waals surface area (Å²) in [6.07, 6.45) is -0.272. The zero-order valence-electron chi connectivity index (χ0n) is 11.4. The van der Waals surface area contributed by atoms with Gasteiger partial charge in [-0.1, -0.05) is 17.3 Å². The molecule has 1 heterocycles. The molecule has 2 atom stereocenters. The Morgan fingerprint density at radius 2 is 2.25 bits per heavy atom. The number of benzene rings is 1. The van der Waals surface area contributed by atoms with Crippen LogP contribution in [0.25, 0.3) is 0 Å². The zero-order chi connectivity index (χ0) is 14.5. The third-order valence-electron chi connectivity index (χ3n) is 2.94. The van der Waals surface area contributed by atoms with E-state index < -0.39 is 6.10 Å². The lowest BCUT2D eigenvalue weighted by Gasteiger charge is -2.15. The highest BCUT2D eigenvalue weighted by molar-refractivity contribution is 6.04. The third kappa shape index (κ3) is 3.54. The first-order valence-corrected chi connectivity index (χ1v) is 6.38. The van der Waals surface area contributed by atoms with Gasteiger partial charge in [0.2, 0.25) is 6.10 Å². The molecule has 0 saturated heterocycles. The van der Waals surface area contributed by atoms with Crippen LogP contribution in [-0.4, -0.2) is 37.5 Å². The molecule has 2 rings (SSSR count). The Morgan fingerprint density at radius 1 is 1.55 bits per heavy atom. The van der Waals surface area contributed by atoms with Crippen molar-refractivity contribution >= 4 is 11.6 Å². The van der Waals surface area contributed by atoms with Gasteiger partial charge in [0, 0.05) is 19.6 Å². The molecule has 0 fully saturated rings. The van der Waals surface area contributed by atoms with Crippen LogP contribution in [-0.2, 0) is 14.4 Å². The Hall–Kier alpha value is -1.95. The quantitative estimate of drug-likeness (QED) is 0.888. The van der Waals surface area contributed by atoms with Crippen molar-refractivity contribution in [2.24, 2.45) is 5.16 Å². The largest absolute Gasteiger partial charge is 0.383 e. The Balaban J connectivity index is 1.91. The normalized spacial score (nSPS) is 19.1. The van der Waals surface area contributed by atoms with Crippen molar-refractivity contribution < 1.29 is 18.8 Å². The van der Waals surface area contributed by atoms with E-state index in [1.165, 1.54) is 12.1 Å². The highest BCUT2D eigenvalue weighted by atomic mass is 19.1. The molecule has 108 valence electrons. The zero-order valence-corrected chi connectivity index (χ0v) is 11.4. The van der Waals surface area contributed by atoms with Crippen LogP contribution in [0, 0.1) is 5.82 Å². The van der Waals surface area contributed by atoms with Gasteiger partial charge in [0.15, 0.2) is 0 Å². The van der Waals surface area contributed by atoms with E-state index in [-0.39, 0.29) is 17.8 Å². The second-order valence-corrected chi connectivity index (χ2v) is 4.71. The summed E-state index contributed by atoms with van der Waals surface area (Å²) in [7, 11) is 1.57. The molecule has 6 heteroatoms. The van der Waals surface area contributed by atoms with Gasteiger partial charge in [-0.05, 0) is 24.6 Å². The summed E-state index contributed by atoms with van der Waals surface area (Å²) in [6.45, 7) is 2.28. The summed E-state index contributed by atoms with van der Waals surface area (Å²) in [4.78, 5) is 17.1. The first-order valence-electron chi connectivity index (χ1n) is 6.38. The highest BCUT2D eigenvalue weighted by Crippen LogP contribution is 2.17. The lowest BCUT2D eigenvalue weighted by molar-refractivity contribution is -0.132. The Bertz CT molecular complexity index is 502. The second kappa shape index (κ2) is 6.47. The van der Waals surface area contributed by atoms with Crippen LogP contribution in [0.1, 0.15) is 18.9 Å². The minimum atomic E-state index is -0.644. The summed E-state index contributed by atoms with van der Waals surface area (Å²) in [5.41, 5.74) is 1.40. The van der Waals surface area contributed by atoms with Crippen molar-refractivity contribution in [2.45, 2.75) is 25.5 Å². The van der Waals surface area contributed by atoms with Gasteiger partial charge in [-0.15, -0.1) is 0 Å². The van der Waals surface area contributed by atoms with Crippen molar-refractivity contribution in [3.05, 3.63) is 35.6 Å². The number of ether oxygens (including phenoxy) is 1. The molecule has 0 radical (unpaired) electrons. The topological polar surface area (TPSA) is 59.9 Å². The second-order valence-electron chi connectivity index (χ2n) is 4.71. The number of halogens is 1. The standard InChI is InChI=1S/C14H17FN2O3/c1-9(8-19-2)16-14(18)13-7-12(17-20-13)10-3-5-11(15)6-4-10/h3-6,9,13H,7-8H2,1-2H3,(H,16,18)/t9-,13+/m1/s1. The van der Waals surface area contributed by atoms with E-state index in [1.807, 2.05) is 6.92 Å². The number of oxime groups is 1. The molecular weight excluding hydrogens is 263 g/mol. The number of rotatable bonds is 5. The first-order chi connectivity index (χ1) is 9.60. The van der Waals surface area contributed by atoms with Gasteiger partial charge in [-0.3, -0.25) is 4.79 Å². The lowest BCUT2D eigenvalue weighted by atomic mass is 10.0. The number of methoxy groups -OCH3 is 1. The maximum absolute atomic E-state index is 12.8. The predicted molar refractivity (Wildman–Crippen MR) is 71.9 cm³/mol. The van der Waals surface area contributed by atoms with Crippen molar-refractivity contribution in [3.8, 4) is 0 Å². The maximum Gasteiger partial charge on any atom is 0.264 e. The van der Waals surface area contributed by atoms with Gasteiger partial charge in [-0.2, -0.15) is 0 Å². The molecule has 1 amide bonds. The summed E-state index contributed by atoms with van der Waals surface area (Å²) in [5.74, 6) is -0.536. The van der Waals surface area contributed by atoms with E-state index in [2.05, 4.69) is 10.5 Å². The number of nitrogens with zero attached hydrogens (tertiary/aromatic N) is 1. The van der Waals surface area contributed by atoms with Crippen molar-refractivity contribution in [1.82, 2.24) is 5.32 Å². The fourth-order valence-electron chi connectivity index (χ4n) is 1.96. The third-order valence-corrected chi connectivity index (χ3v) is 2.94. The van der Waals surface area contributed by atoms with Gasteiger partial charge in [0.05, 0.1) is 12.3 Å². The Labute approximate surface area is 116 Å². The summed E-state index contributed by atoms with van der Waals surface area (Å²) >= 11 is 0. The van der Waals surface area contributed by atoms with Crippen molar-refractivity contribution in [3.63, 3.8) is 0 Å². The van der Waals surface area contributed by atoms with Crippen LogP contribution in [0.2, 0.25) is 0 Å². The molecule has 20 heavy (non-hydrogen) atoms. The monoisotopic (exact) mass is 280 g/mol. The molecule has 1 aromatic rings. The van der Waals surface area contributed by atoms with Gasteiger partial charge < -0.3 is 14.9 Å². The predicted octanol–water partition coefficient (Wildman–Crippen LogP) is 1.47. The van der Waals surface area contributed by atoms with E-state index in [4.69, 9.17) is 9.57 Å². The van der Waals surface area contributed by atoms with Crippen LogP contribution < -0.4 is 5.32 Å². The fraction of sp³-hybridized carbons (Fsp3) is 0.429. The number of carbonyl (C=O) groups is 1. The SMILES string of the molecule is COC[C@@H](C)NC(=O)[C@@H]1CC(c2ccc(F)cc2)=NO1. The number of hydrogen-bond donors (Lipinski definition) is 1. The van der Waals surface area contributed by atoms with Crippen LogP contribution in [0.5, 0.6) is 0 Å². The molecule has 1 aromatic carbocycles. The smallest absolute Gasteiger partial charge is 0.264 e. The Kier molecular flexibility index (Phi) is 4.68. The van der Waals surface area contributed by atoms with E-state index >= 15 is 0 Å². The molecule has 0 saturated carbocycles. The van der Waals surface area contributed by atoms with Crippen molar-refractivity contribution in [1.29, 1.82) is 0 Å². The molecule has 0 aromatic heterocycles. The van der Waals surface area contributed by atoms with Gasteiger partial charge in [0.25, 0.3) is 5.91 Å². The molecule has 5 nitrogen and oxygen atoms in total. The van der Waals surface area contributed by atoms with E-state index in [0.717, 1.165) is 5.56 Å². The Morgan fingerprint density at radius 3 is 2.90 bits per heavy atom. The number of nitrogens with one attached hydrogen (secondary N) is 1. The molecule has 0 aliphatic carbocycles. The van der Waals surface area contributed by atoms with E-state index in [0.29, 0.717) is 18.7 Å².